The van der Waals surface area contributed by atoms with Crippen LogP contribution in [0.15, 0.2) is 30.5 Å². The smallest absolute Gasteiger partial charge is 0.255 e. The molecule has 0 aliphatic rings. The SMILES string of the molecule is CN(CC(C)(C)C)C(=O)c1cnc(N)c2ccccc12. The second kappa shape index (κ2) is 5.12. The average Bonchev–Trinajstić information content (AvgIpc) is 2.37. The van der Waals surface area contributed by atoms with E-state index in [0.717, 1.165) is 10.8 Å². The zero-order valence-electron chi connectivity index (χ0n) is 12.5. The van der Waals surface area contributed by atoms with Gasteiger partial charge in [0.2, 0.25) is 0 Å². The van der Waals surface area contributed by atoms with E-state index in [9.17, 15) is 4.79 Å². The van der Waals surface area contributed by atoms with Crippen molar-refractivity contribution in [1.82, 2.24) is 9.88 Å². The molecule has 2 N–H and O–H groups in total. The molecule has 0 spiro atoms. The molecule has 1 aromatic carbocycles. The summed E-state index contributed by atoms with van der Waals surface area (Å²) >= 11 is 0. The van der Waals surface area contributed by atoms with Crippen LogP contribution in [0.4, 0.5) is 5.82 Å². The molecule has 0 unspecified atom stereocenters. The maximum atomic E-state index is 12.6. The number of amides is 1. The topological polar surface area (TPSA) is 59.2 Å². The molecule has 0 saturated heterocycles. The first kappa shape index (κ1) is 14.3. The Kier molecular flexibility index (Phi) is 3.66. The summed E-state index contributed by atoms with van der Waals surface area (Å²) in [5, 5.41) is 1.67. The van der Waals surface area contributed by atoms with Crippen molar-refractivity contribution in [2.45, 2.75) is 20.8 Å². The van der Waals surface area contributed by atoms with Crippen molar-refractivity contribution in [3.63, 3.8) is 0 Å². The predicted octanol–water partition coefficient (Wildman–Crippen LogP) is 2.94. The van der Waals surface area contributed by atoms with E-state index in [-0.39, 0.29) is 11.3 Å². The molecular formula is C16H21N3O. The average molecular weight is 271 g/mol. The molecule has 2 rings (SSSR count). The van der Waals surface area contributed by atoms with Crippen molar-refractivity contribution in [2.75, 3.05) is 19.3 Å². The molecule has 0 saturated carbocycles. The van der Waals surface area contributed by atoms with Crippen LogP contribution in [0.25, 0.3) is 10.8 Å². The Morgan fingerprint density at radius 2 is 1.85 bits per heavy atom. The van der Waals surface area contributed by atoms with Gasteiger partial charge in [-0.15, -0.1) is 0 Å². The van der Waals surface area contributed by atoms with Gasteiger partial charge >= 0.3 is 0 Å². The molecule has 0 radical (unpaired) electrons. The number of carbonyl (C=O) groups is 1. The van der Waals surface area contributed by atoms with E-state index in [1.807, 2.05) is 31.3 Å². The quantitative estimate of drug-likeness (QED) is 0.913. The maximum Gasteiger partial charge on any atom is 0.255 e. The first-order chi connectivity index (χ1) is 9.29. The molecule has 0 bridgehead atoms. The summed E-state index contributed by atoms with van der Waals surface area (Å²) in [6.45, 7) is 7.01. The molecule has 1 amide bonds. The first-order valence-electron chi connectivity index (χ1n) is 6.68. The third kappa shape index (κ3) is 2.90. The number of rotatable bonds is 2. The number of hydrogen-bond donors (Lipinski definition) is 1. The van der Waals surface area contributed by atoms with Gasteiger partial charge in [0.25, 0.3) is 5.91 Å². The van der Waals surface area contributed by atoms with Crippen molar-refractivity contribution in [1.29, 1.82) is 0 Å². The zero-order chi connectivity index (χ0) is 14.9. The Labute approximate surface area is 119 Å². The molecule has 0 fully saturated rings. The lowest BCUT2D eigenvalue weighted by atomic mass is 9.96. The van der Waals surface area contributed by atoms with Crippen LogP contribution < -0.4 is 5.73 Å². The van der Waals surface area contributed by atoms with Gasteiger partial charge in [0.05, 0.1) is 5.56 Å². The first-order valence-corrected chi connectivity index (χ1v) is 6.68. The Morgan fingerprint density at radius 1 is 1.25 bits per heavy atom. The third-order valence-electron chi connectivity index (χ3n) is 3.11. The number of nitrogens with two attached hydrogens (primary N) is 1. The summed E-state index contributed by atoms with van der Waals surface area (Å²) in [4.78, 5) is 18.5. The third-order valence-corrected chi connectivity index (χ3v) is 3.11. The van der Waals surface area contributed by atoms with Gasteiger partial charge in [-0.05, 0) is 10.8 Å². The van der Waals surface area contributed by atoms with E-state index in [1.165, 1.54) is 0 Å². The Bertz CT molecular complexity index is 644. The van der Waals surface area contributed by atoms with E-state index in [4.69, 9.17) is 5.73 Å². The van der Waals surface area contributed by atoms with Crippen LogP contribution in [0.5, 0.6) is 0 Å². The highest BCUT2D eigenvalue weighted by molar-refractivity contribution is 6.08. The lowest BCUT2D eigenvalue weighted by Gasteiger charge is -2.27. The maximum absolute atomic E-state index is 12.6. The Balaban J connectivity index is 2.43. The Morgan fingerprint density at radius 3 is 2.45 bits per heavy atom. The highest BCUT2D eigenvalue weighted by atomic mass is 16.2. The van der Waals surface area contributed by atoms with E-state index < -0.39 is 0 Å². The summed E-state index contributed by atoms with van der Waals surface area (Å²) < 4.78 is 0. The fraction of sp³-hybridized carbons (Fsp3) is 0.375. The van der Waals surface area contributed by atoms with Gasteiger partial charge in [0, 0.05) is 25.2 Å². The minimum Gasteiger partial charge on any atom is -0.383 e. The van der Waals surface area contributed by atoms with Gasteiger partial charge in [-0.2, -0.15) is 0 Å². The van der Waals surface area contributed by atoms with Gasteiger partial charge in [-0.25, -0.2) is 4.98 Å². The van der Waals surface area contributed by atoms with Gasteiger partial charge in [-0.3, -0.25) is 4.79 Å². The summed E-state index contributed by atoms with van der Waals surface area (Å²) in [5.41, 5.74) is 6.52. The molecule has 1 heterocycles. The van der Waals surface area contributed by atoms with Crippen molar-refractivity contribution >= 4 is 22.5 Å². The highest BCUT2D eigenvalue weighted by Crippen LogP contribution is 2.24. The summed E-state index contributed by atoms with van der Waals surface area (Å²) in [5.74, 6) is 0.430. The van der Waals surface area contributed by atoms with Gasteiger partial charge in [0.15, 0.2) is 0 Å². The van der Waals surface area contributed by atoms with Crippen LogP contribution in [0, 0.1) is 5.41 Å². The lowest BCUT2D eigenvalue weighted by molar-refractivity contribution is 0.0747. The number of fused-ring (bicyclic) bond motifs is 1. The second-order valence-corrected chi connectivity index (χ2v) is 6.32. The molecule has 4 nitrogen and oxygen atoms in total. The van der Waals surface area contributed by atoms with E-state index in [1.54, 1.807) is 11.1 Å². The van der Waals surface area contributed by atoms with Crippen molar-refractivity contribution < 1.29 is 4.79 Å². The van der Waals surface area contributed by atoms with Crippen LogP contribution in [0.3, 0.4) is 0 Å². The molecule has 2 aromatic rings. The molecule has 106 valence electrons. The van der Waals surface area contributed by atoms with Gasteiger partial charge < -0.3 is 10.6 Å². The zero-order valence-corrected chi connectivity index (χ0v) is 12.5. The molecule has 0 aliphatic carbocycles. The van der Waals surface area contributed by atoms with Crippen LogP contribution in [0.1, 0.15) is 31.1 Å². The van der Waals surface area contributed by atoms with Crippen molar-refractivity contribution in [2.24, 2.45) is 5.41 Å². The number of anilines is 1. The summed E-state index contributed by atoms with van der Waals surface area (Å²) in [7, 11) is 1.82. The van der Waals surface area contributed by atoms with Crippen molar-refractivity contribution in [3.8, 4) is 0 Å². The Hall–Kier alpha value is -2.10. The molecule has 1 aromatic heterocycles. The number of nitrogens with zero attached hydrogens (tertiary/aromatic N) is 2. The highest BCUT2D eigenvalue weighted by Gasteiger charge is 2.21. The van der Waals surface area contributed by atoms with E-state index >= 15 is 0 Å². The number of nitrogen functional groups attached to an aromatic ring is 1. The molecule has 0 aliphatic heterocycles. The largest absolute Gasteiger partial charge is 0.383 e. The van der Waals surface area contributed by atoms with Crippen LogP contribution in [-0.4, -0.2) is 29.4 Å². The molecule has 4 heteroatoms. The number of carbonyl (C=O) groups excluding carboxylic acids is 1. The normalized spacial score (nSPS) is 11.6. The van der Waals surface area contributed by atoms with E-state index in [0.29, 0.717) is 17.9 Å². The van der Waals surface area contributed by atoms with Crippen LogP contribution in [0.2, 0.25) is 0 Å². The second-order valence-electron chi connectivity index (χ2n) is 6.32. The fourth-order valence-corrected chi connectivity index (χ4v) is 2.37. The number of benzene rings is 1. The van der Waals surface area contributed by atoms with E-state index in [2.05, 4.69) is 25.8 Å². The van der Waals surface area contributed by atoms with Crippen LogP contribution in [-0.2, 0) is 0 Å². The molecule has 20 heavy (non-hydrogen) atoms. The standard InChI is InChI=1S/C16H21N3O/c1-16(2,3)10-19(4)15(20)13-9-18-14(17)12-8-6-5-7-11(12)13/h5-9H,10H2,1-4H3,(H2,17,18). The fourth-order valence-electron chi connectivity index (χ4n) is 2.37. The molecule has 0 atom stereocenters. The predicted molar refractivity (Wildman–Crippen MR) is 82.6 cm³/mol. The van der Waals surface area contributed by atoms with Gasteiger partial charge in [0.1, 0.15) is 5.82 Å². The number of hydrogen-bond acceptors (Lipinski definition) is 3. The molecular weight excluding hydrogens is 250 g/mol. The minimum atomic E-state index is -0.0244. The van der Waals surface area contributed by atoms with Crippen LogP contribution >= 0.6 is 0 Å². The van der Waals surface area contributed by atoms with Gasteiger partial charge in [-0.1, -0.05) is 45.0 Å². The monoisotopic (exact) mass is 271 g/mol. The summed E-state index contributed by atoms with van der Waals surface area (Å²) in [6, 6.07) is 7.60. The summed E-state index contributed by atoms with van der Waals surface area (Å²) in [6.07, 6.45) is 1.57. The number of pyridine rings is 1. The minimum absolute atomic E-state index is 0.0244. The van der Waals surface area contributed by atoms with Crippen molar-refractivity contribution in [3.05, 3.63) is 36.0 Å². The number of aromatic nitrogens is 1. The lowest BCUT2D eigenvalue weighted by Crippen LogP contribution is -2.34.